The number of esters is 2. The Balaban J connectivity index is 2.61. The molecule has 33 heavy (non-hydrogen) atoms. The summed E-state index contributed by atoms with van der Waals surface area (Å²) in [7, 11) is 0. The van der Waals surface area contributed by atoms with Crippen LogP contribution in [-0.4, -0.2) is 30.1 Å². The SMILES string of the molecule is N=C(N)c1ccc(C(N)(Cc2c(F)c(F)c(F)c(F)c2F)C(=O)OC(=O)C(N)CC=O)cc1. The highest BCUT2D eigenvalue weighted by Gasteiger charge is 2.43. The van der Waals surface area contributed by atoms with Crippen molar-refractivity contribution in [1.29, 1.82) is 5.41 Å². The van der Waals surface area contributed by atoms with Crippen LogP contribution in [0.4, 0.5) is 22.0 Å². The first kappa shape index (κ1) is 25.5. The number of rotatable bonds is 8. The van der Waals surface area contributed by atoms with Crippen LogP contribution in [0, 0.1) is 34.5 Å². The molecule has 2 unspecified atom stereocenters. The lowest BCUT2D eigenvalue weighted by molar-refractivity contribution is -0.165. The lowest BCUT2D eigenvalue weighted by atomic mass is 9.83. The van der Waals surface area contributed by atoms with Gasteiger partial charge in [0.05, 0.1) is 0 Å². The zero-order chi connectivity index (χ0) is 25.1. The average molecular weight is 472 g/mol. The molecule has 2 aromatic rings. The van der Waals surface area contributed by atoms with Crippen molar-refractivity contribution >= 4 is 24.1 Å². The normalized spacial score (nSPS) is 13.7. The van der Waals surface area contributed by atoms with Crippen LogP contribution in [0.25, 0.3) is 0 Å². The van der Waals surface area contributed by atoms with Crippen molar-refractivity contribution in [3.63, 3.8) is 0 Å². The number of benzene rings is 2. The maximum absolute atomic E-state index is 14.3. The number of halogens is 5. The molecule has 8 nitrogen and oxygen atoms in total. The molecule has 176 valence electrons. The first-order valence-corrected chi connectivity index (χ1v) is 9.04. The highest BCUT2D eigenvalue weighted by atomic mass is 19.2. The largest absolute Gasteiger partial charge is 0.390 e. The van der Waals surface area contributed by atoms with Crippen LogP contribution in [0.2, 0.25) is 0 Å². The lowest BCUT2D eigenvalue weighted by Gasteiger charge is -2.28. The number of amidine groups is 1. The summed E-state index contributed by atoms with van der Waals surface area (Å²) >= 11 is 0. The van der Waals surface area contributed by atoms with E-state index in [1.807, 2.05) is 0 Å². The van der Waals surface area contributed by atoms with Gasteiger partial charge in [-0.2, -0.15) is 0 Å². The standard InChI is InChI=1S/C20H17F5N4O4/c21-12-10(13(22)15(24)16(25)14(12)23)7-20(29,9-3-1-8(2-4-9)17(27)28)19(32)33-18(31)11(26)5-6-30/h1-4,6,11H,5,7,26,29H2,(H3,27,28). The number of ether oxygens (including phenoxy) is 1. The van der Waals surface area contributed by atoms with Crippen molar-refractivity contribution in [3.8, 4) is 0 Å². The molecule has 0 aliphatic heterocycles. The molecule has 0 aromatic heterocycles. The number of hydrogen-bond donors (Lipinski definition) is 4. The van der Waals surface area contributed by atoms with Gasteiger partial charge in [0.2, 0.25) is 5.82 Å². The van der Waals surface area contributed by atoms with E-state index in [0.29, 0.717) is 0 Å². The summed E-state index contributed by atoms with van der Waals surface area (Å²) in [6.07, 6.45) is -1.59. The van der Waals surface area contributed by atoms with E-state index in [0.717, 1.165) is 12.1 Å². The first-order valence-electron chi connectivity index (χ1n) is 9.04. The molecular weight excluding hydrogens is 455 g/mol. The van der Waals surface area contributed by atoms with Crippen molar-refractivity contribution in [2.75, 3.05) is 0 Å². The molecular formula is C20H17F5N4O4. The fraction of sp³-hybridized carbons (Fsp3) is 0.200. The van der Waals surface area contributed by atoms with E-state index in [1.165, 1.54) is 12.1 Å². The summed E-state index contributed by atoms with van der Waals surface area (Å²) in [6.45, 7) is 0. The number of nitrogens with two attached hydrogens (primary N) is 3. The summed E-state index contributed by atoms with van der Waals surface area (Å²) in [5.74, 6) is -14.9. The quantitative estimate of drug-likeness (QED) is 0.0652. The van der Waals surface area contributed by atoms with E-state index in [1.54, 1.807) is 0 Å². The van der Waals surface area contributed by atoms with E-state index >= 15 is 0 Å². The Bertz CT molecular complexity index is 1100. The fourth-order valence-electron chi connectivity index (χ4n) is 2.78. The van der Waals surface area contributed by atoms with Crippen LogP contribution in [0.15, 0.2) is 24.3 Å². The number of aldehydes is 1. The number of carbonyl (C=O) groups is 3. The highest BCUT2D eigenvalue weighted by Crippen LogP contribution is 2.31. The first-order chi connectivity index (χ1) is 15.3. The van der Waals surface area contributed by atoms with Gasteiger partial charge in [0.1, 0.15) is 23.7 Å². The van der Waals surface area contributed by atoms with E-state index < -0.39 is 71.0 Å². The van der Waals surface area contributed by atoms with Crippen LogP contribution >= 0.6 is 0 Å². The molecule has 2 aromatic carbocycles. The molecule has 2 rings (SSSR count). The Morgan fingerprint density at radius 1 is 1.00 bits per heavy atom. The second-order valence-corrected chi connectivity index (χ2v) is 6.91. The van der Waals surface area contributed by atoms with Crippen LogP contribution < -0.4 is 17.2 Å². The van der Waals surface area contributed by atoms with E-state index in [9.17, 15) is 36.3 Å². The Labute approximate surface area is 183 Å². The fourth-order valence-corrected chi connectivity index (χ4v) is 2.78. The van der Waals surface area contributed by atoms with Gasteiger partial charge in [-0.25, -0.2) is 31.5 Å². The maximum Gasteiger partial charge on any atom is 0.338 e. The molecule has 0 heterocycles. The third-order valence-electron chi connectivity index (χ3n) is 4.68. The molecule has 0 radical (unpaired) electrons. The number of nitrogens with one attached hydrogen (secondary N) is 1. The van der Waals surface area contributed by atoms with Crippen LogP contribution in [0.3, 0.4) is 0 Å². The Kier molecular flexibility index (Phi) is 7.61. The number of nitrogen functional groups attached to an aromatic ring is 1. The third kappa shape index (κ3) is 5.04. The van der Waals surface area contributed by atoms with E-state index in [2.05, 4.69) is 4.74 Å². The molecule has 0 bridgehead atoms. The van der Waals surface area contributed by atoms with Gasteiger partial charge >= 0.3 is 11.9 Å². The Morgan fingerprint density at radius 3 is 1.94 bits per heavy atom. The Hall–Kier alpha value is -3.71. The van der Waals surface area contributed by atoms with E-state index in [4.69, 9.17) is 22.6 Å². The second-order valence-electron chi connectivity index (χ2n) is 6.91. The predicted octanol–water partition coefficient (Wildman–Crippen LogP) is 1.05. The summed E-state index contributed by atoms with van der Waals surface area (Å²) < 4.78 is 73.8. The van der Waals surface area contributed by atoms with Crippen molar-refractivity contribution < 1.29 is 41.1 Å². The molecule has 7 N–H and O–H groups in total. The monoisotopic (exact) mass is 472 g/mol. The molecule has 0 amide bonds. The van der Waals surface area contributed by atoms with Crippen molar-refractivity contribution in [2.24, 2.45) is 17.2 Å². The van der Waals surface area contributed by atoms with Gasteiger partial charge in [0, 0.05) is 24.0 Å². The van der Waals surface area contributed by atoms with Crippen LogP contribution in [0.5, 0.6) is 0 Å². The molecule has 0 saturated carbocycles. The van der Waals surface area contributed by atoms with Gasteiger partial charge in [-0.05, 0) is 5.56 Å². The molecule has 0 aliphatic carbocycles. The Morgan fingerprint density at radius 2 is 1.48 bits per heavy atom. The highest BCUT2D eigenvalue weighted by molar-refractivity contribution is 5.96. The summed E-state index contributed by atoms with van der Waals surface area (Å²) in [4.78, 5) is 35.2. The number of hydrogen-bond acceptors (Lipinski definition) is 7. The summed E-state index contributed by atoms with van der Waals surface area (Å²) in [6, 6.07) is 2.96. The minimum absolute atomic E-state index is 0.148. The van der Waals surface area contributed by atoms with Crippen LogP contribution in [-0.2, 0) is 31.1 Å². The lowest BCUT2D eigenvalue weighted by Crippen LogP contribution is -2.50. The van der Waals surface area contributed by atoms with Crippen LogP contribution in [0.1, 0.15) is 23.1 Å². The zero-order valence-electron chi connectivity index (χ0n) is 16.6. The van der Waals surface area contributed by atoms with Gasteiger partial charge in [-0.1, -0.05) is 24.3 Å². The van der Waals surface area contributed by atoms with Crippen molar-refractivity contribution in [3.05, 3.63) is 70.0 Å². The molecule has 13 heteroatoms. The predicted molar refractivity (Wildman–Crippen MR) is 103 cm³/mol. The summed E-state index contributed by atoms with van der Waals surface area (Å²) in [5.41, 5.74) is 12.5. The van der Waals surface area contributed by atoms with Gasteiger partial charge < -0.3 is 26.7 Å². The minimum atomic E-state index is -2.66. The molecule has 2 atom stereocenters. The third-order valence-corrected chi connectivity index (χ3v) is 4.68. The van der Waals surface area contributed by atoms with Crippen molar-refractivity contribution in [1.82, 2.24) is 0 Å². The van der Waals surface area contributed by atoms with Crippen molar-refractivity contribution in [2.45, 2.75) is 24.4 Å². The molecule has 0 saturated heterocycles. The average Bonchev–Trinajstić information content (AvgIpc) is 2.79. The van der Waals surface area contributed by atoms with Gasteiger partial charge in [-0.15, -0.1) is 0 Å². The smallest absolute Gasteiger partial charge is 0.338 e. The maximum atomic E-state index is 14.3. The topological polar surface area (TPSA) is 162 Å². The minimum Gasteiger partial charge on any atom is -0.390 e. The summed E-state index contributed by atoms with van der Waals surface area (Å²) in [5, 5.41) is 7.38. The number of carbonyl (C=O) groups excluding carboxylic acids is 3. The second kappa shape index (κ2) is 9.83. The molecule has 0 aliphatic rings. The van der Waals surface area contributed by atoms with E-state index in [-0.39, 0.29) is 23.2 Å². The molecule has 0 spiro atoms. The molecule has 0 fully saturated rings. The van der Waals surface area contributed by atoms with Gasteiger partial charge in [-0.3, -0.25) is 5.41 Å². The zero-order valence-corrected chi connectivity index (χ0v) is 16.6. The van der Waals surface area contributed by atoms with Gasteiger partial charge in [0.15, 0.2) is 23.3 Å². The van der Waals surface area contributed by atoms with Gasteiger partial charge in [0.25, 0.3) is 0 Å².